The summed E-state index contributed by atoms with van der Waals surface area (Å²) in [5.41, 5.74) is 1.42. The number of ether oxygens (including phenoxy) is 1. The third-order valence-corrected chi connectivity index (χ3v) is 3.51. The van der Waals surface area contributed by atoms with Crippen LogP contribution >= 0.6 is 23.5 Å². The number of methoxy groups -OCH3 is 1. The molecule has 0 aromatic heterocycles. The molecule has 0 saturated carbocycles. The lowest BCUT2D eigenvalue weighted by molar-refractivity contribution is 0.334. The van der Waals surface area contributed by atoms with Gasteiger partial charge < -0.3 is 4.74 Å². The summed E-state index contributed by atoms with van der Waals surface area (Å²) in [6, 6.07) is 0. The first-order chi connectivity index (χ1) is 4.43. The van der Waals surface area contributed by atoms with Crippen LogP contribution in [-0.2, 0) is 4.74 Å². The molecule has 0 atom stereocenters. The van der Waals surface area contributed by atoms with Gasteiger partial charge in [-0.3, -0.25) is 0 Å². The second-order valence-corrected chi connectivity index (χ2v) is 4.16. The minimum atomic E-state index is 1.15. The van der Waals surface area contributed by atoms with Crippen LogP contribution in [0.5, 0.6) is 0 Å². The van der Waals surface area contributed by atoms with E-state index in [-0.39, 0.29) is 0 Å². The summed E-state index contributed by atoms with van der Waals surface area (Å²) in [5.74, 6) is 2.31. The van der Waals surface area contributed by atoms with Gasteiger partial charge in [0, 0.05) is 16.6 Å². The summed E-state index contributed by atoms with van der Waals surface area (Å²) < 4.78 is 4.89. The monoisotopic (exact) mass is 162 g/mol. The zero-order valence-corrected chi connectivity index (χ0v) is 7.06. The van der Waals surface area contributed by atoms with E-state index in [0.717, 1.165) is 11.5 Å². The van der Waals surface area contributed by atoms with E-state index < -0.39 is 0 Å². The molecule has 9 heavy (non-hydrogen) atoms. The molecule has 1 heterocycles. The highest BCUT2D eigenvalue weighted by Crippen LogP contribution is 2.24. The molecule has 0 amide bonds. The molecule has 0 radical (unpaired) electrons. The topological polar surface area (TPSA) is 9.23 Å². The van der Waals surface area contributed by atoms with E-state index in [1.165, 1.54) is 10.7 Å². The largest absolute Gasteiger partial charge is 0.504 e. The van der Waals surface area contributed by atoms with E-state index in [9.17, 15) is 0 Å². The molecule has 0 bridgehead atoms. The third kappa shape index (κ3) is 2.54. The molecule has 3 heteroatoms. The standard InChI is InChI=1S/C6H10OS2/c1-7-2-6-3-8-5-9-4-6/h2H,3-5H2,1H3. The van der Waals surface area contributed by atoms with Gasteiger partial charge in [-0.15, -0.1) is 23.5 Å². The molecule has 1 aliphatic rings. The van der Waals surface area contributed by atoms with Crippen molar-refractivity contribution >= 4 is 23.5 Å². The van der Waals surface area contributed by atoms with Crippen LogP contribution in [0.4, 0.5) is 0 Å². The summed E-state index contributed by atoms with van der Waals surface area (Å²) in [6.45, 7) is 0. The van der Waals surface area contributed by atoms with Crippen LogP contribution in [-0.4, -0.2) is 23.7 Å². The van der Waals surface area contributed by atoms with Gasteiger partial charge in [0.2, 0.25) is 0 Å². The van der Waals surface area contributed by atoms with Crippen molar-refractivity contribution in [1.29, 1.82) is 0 Å². The average molecular weight is 162 g/mol. The van der Waals surface area contributed by atoms with Gasteiger partial charge in [-0.05, 0) is 5.57 Å². The molecular formula is C6H10OS2. The first kappa shape index (κ1) is 7.35. The van der Waals surface area contributed by atoms with Gasteiger partial charge in [-0.25, -0.2) is 0 Å². The molecule has 1 rings (SSSR count). The zero-order valence-electron chi connectivity index (χ0n) is 5.42. The fourth-order valence-electron chi connectivity index (χ4n) is 0.681. The van der Waals surface area contributed by atoms with Crippen LogP contribution in [0.3, 0.4) is 0 Å². The molecule has 1 nitrogen and oxygen atoms in total. The Kier molecular flexibility index (Phi) is 3.36. The molecule has 0 aromatic rings. The van der Waals surface area contributed by atoms with Crippen molar-refractivity contribution in [2.75, 3.05) is 23.7 Å². The predicted molar refractivity (Wildman–Crippen MR) is 44.9 cm³/mol. The summed E-state index contributed by atoms with van der Waals surface area (Å²) >= 11 is 3.92. The van der Waals surface area contributed by atoms with Crippen molar-refractivity contribution in [3.05, 3.63) is 11.8 Å². The third-order valence-electron chi connectivity index (χ3n) is 1.03. The van der Waals surface area contributed by atoms with Gasteiger partial charge in [-0.2, -0.15) is 0 Å². The Labute approximate surface area is 64.2 Å². The van der Waals surface area contributed by atoms with Gasteiger partial charge in [0.05, 0.1) is 13.4 Å². The van der Waals surface area contributed by atoms with Gasteiger partial charge in [0.25, 0.3) is 0 Å². The summed E-state index contributed by atoms with van der Waals surface area (Å²) in [7, 11) is 1.71. The molecular weight excluding hydrogens is 152 g/mol. The minimum Gasteiger partial charge on any atom is -0.504 e. The van der Waals surface area contributed by atoms with E-state index in [1.807, 2.05) is 29.8 Å². The molecule has 1 saturated heterocycles. The zero-order chi connectivity index (χ0) is 6.53. The maximum absolute atomic E-state index is 4.89. The second-order valence-electron chi connectivity index (χ2n) is 1.83. The normalized spacial score (nSPS) is 19.4. The van der Waals surface area contributed by atoms with E-state index in [0.29, 0.717) is 0 Å². The molecule has 0 N–H and O–H groups in total. The minimum absolute atomic E-state index is 1.15. The Morgan fingerprint density at radius 2 is 2.11 bits per heavy atom. The molecule has 1 aliphatic heterocycles. The van der Waals surface area contributed by atoms with Crippen LogP contribution in [0.2, 0.25) is 0 Å². The van der Waals surface area contributed by atoms with E-state index in [1.54, 1.807) is 7.11 Å². The molecule has 0 spiro atoms. The van der Waals surface area contributed by atoms with Crippen LogP contribution in [0, 0.1) is 0 Å². The molecule has 52 valence electrons. The summed E-state index contributed by atoms with van der Waals surface area (Å²) in [6.07, 6.45) is 1.86. The lowest BCUT2D eigenvalue weighted by atomic mass is 10.4. The molecule has 0 aromatic carbocycles. The van der Waals surface area contributed by atoms with Crippen LogP contribution < -0.4 is 0 Å². The number of hydrogen-bond acceptors (Lipinski definition) is 3. The Morgan fingerprint density at radius 1 is 1.44 bits per heavy atom. The Balaban J connectivity index is 2.30. The van der Waals surface area contributed by atoms with Crippen molar-refractivity contribution in [2.24, 2.45) is 0 Å². The number of thioether (sulfide) groups is 2. The highest BCUT2D eigenvalue weighted by Gasteiger charge is 2.04. The Morgan fingerprint density at radius 3 is 2.67 bits per heavy atom. The van der Waals surface area contributed by atoms with E-state index in [4.69, 9.17) is 4.74 Å². The molecule has 1 fully saturated rings. The van der Waals surface area contributed by atoms with Gasteiger partial charge in [0.15, 0.2) is 0 Å². The average Bonchev–Trinajstić information content (AvgIpc) is 1.91. The first-order valence-corrected chi connectivity index (χ1v) is 5.10. The second kappa shape index (κ2) is 4.12. The fourth-order valence-corrected chi connectivity index (χ4v) is 2.81. The van der Waals surface area contributed by atoms with Gasteiger partial charge in [0.1, 0.15) is 0 Å². The SMILES string of the molecule is COC=C1CSCSC1. The van der Waals surface area contributed by atoms with Gasteiger partial charge in [-0.1, -0.05) is 0 Å². The van der Waals surface area contributed by atoms with Crippen molar-refractivity contribution in [3.8, 4) is 0 Å². The predicted octanol–water partition coefficient (Wildman–Crippen LogP) is 1.95. The maximum Gasteiger partial charge on any atom is 0.0833 e. The van der Waals surface area contributed by atoms with Crippen molar-refractivity contribution in [3.63, 3.8) is 0 Å². The lowest BCUT2D eigenvalue weighted by Gasteiger charge is -2.11. The lowest BCUT2D eigenvalue weighted by Crippen LogP contribution is -1.98. The smallest absolute Gasteiger partial charge is 0.0833 e. The first-order valence-electron chi connectivity index (χ1n) is 2.79. The summed E-state index contributed by atoms with van der Waals surface area (Å²) in [5, 5.41) is 1.24. The quantitative estimate of drug-likeness (QED) is 0.545. The molecule has 0 aliphatic carbocycles. The highest BCUT2D eigenvalue weighted by atomic mass is 32.2. The molecule has 0 unspecified atom stereocenters. The Bertz CT molecular complexity index is 104. The van der Waals surface area contributed by atoms with Crippen LogP contribution in [0.1, 0.15) is 0 Å². The summed E-state index contributed by atoms with van der Waals surface area (Å²) in [4.78, 5) is 0. The van der Waals surface area contributed by atoms with Crippen molar-refractivity contribution in [1.82, 2.24) is 0 Å². The number of hydrogen-bond donors (Lipinski definition) is 0. The van der Waals surface area contributed by atoms with E-state index >= 15 is 0 Å². The number of rotatable bonds is 1. The fraction of sp³-hybridized carbons (Fsp3) is 0.667. The van der Waals surface area contributed by atoms with Crippen molar-refractivity contribution < 1.29 is 4.74 Å². The van der Waals surface area contributed by atoms with Crippen LogP contribution in [0.25, 0.3) is 0 Å². The van der Waals surface area contributed by atoms with Gasteiger partial charge >= 0.3 is 0 Å². The van der Waals surface area contributed by atoms with E-state index in [2.05, 4.69) is 0 Å². The Hall–Kier alpha value is 0.240. The maximum atomic E-state index is 4.89. The van der Waals surface area contributed by atoms with Crippen LogP contribution in [0.15, 0.2) is 11.8 Å². The highest BCUT2D eigenvalue weighted by molar-refractivity contribution is 8.16. The van der Waals surface area contributed by atoms with Crippen molar-refractivity contribution in [2.45, 2.75) is 0 Å².